The summed E-state index contributed by atoms with van der Waals surface area (Å²) in [6.45, 7) is 9.20. The van der Waals surface area contributed by atoms with E-state index in [0.717, 1.165) is 50.6 Å². The number of nitrogens with zero attached hydrogens (tertiary/aromatic N) is 2. The van der Waals surface area contributed by atoms with E-state index in [-0.39, 0.29) is 29.1 Å². The van der Waals surface area contributed by atoms with Crippen molar-refractivity contribution in [1.82, 2.24) is 4.90 Å². The van der Waals surface area contributed by atoms with Gasteiger partial charge in [-0.2, -0.15) is 0 Å². The van der Waals surface area contributed by atoms with E-state index in [9.17, 15) is 14.4 Å². The summed E-state index contributed by atoms with van der Waals surface area (Å²) >= 11 is 0. The minimum atomic E-state index is -0.559. The number of hydrogen-bond donors (Lipinski definition) is 0. The van der Waals surface area contributed by atoms with Crippen molar-refractivity contribution in [2.45, 2.75) is 89.8 Å². The van der Waals surface area contributed by atoms with E-state index < -0.39 is 5.60 Å². The largest absolute Gasteiger partial charge is 0.446 e. The van der Waals surface area contributed by atoms with Crippen LogP contribution in [0.25, 0.3) is 0 Å². The van der Waals surface area contributed by atoms with Crippen molar-refractivity contribution in [3.63, 3.8) is 0 Å². The van der Waals surface area contributed by atoms with E-state index in [2.05, 4.69) is 6.07 Å². The van der Waals surface area contributed by atoms with Gasteiger partial charge in [0.15, 0.2) is 0 Å². The van der Waals surface area contributed by atoms with Gasteiger partial charge in [0.05, 0.1) is 5.69 Å². The van der Waals surface area contributed by atoms with Crippen LogP contribution in [-0.4, -0.2) is 54.2 Å². The highest BCUT2D eigenvalue weighted by Gasteiger charge is 2.58. The molecule has 0 radical (unpaired) electrons. The third-order valence-electron chi connectivity index (χ3n) is 9.99. The van der Waals surface area contributed by atoms with Crippen LogP contribution in [0.3, 0.4) is 0 Å². The number of carbonyl (C=O) groups excluding carboxylic acids is 3. The van der Waals surface area contributed by atoms with Crippen LogP contribution in [0.4, 0.5) is 15.3 Å². The molecule has 7 nitrogen and oxygen atoms in total. The van der Waals surface area contributed by atoms with Crippen LogP contribution >= 0.6 is 0 Å². The van der Waals surface area contributed by atoms with Crippen molar-refractivity contribution in [3.8, 4) is 0 Å². The molecular weight excluding hydrogens is 468 g/mol. The first-order valence-corrected chi connectivity index (χ1v) is 14.1. The van der Waals surface area contributed by atoms with Gasteiger partial charge in [-0.3, -0.25) is 9.69 Å². The fourth-order valence-electron chi connectivity index (χ4n) is 8.45. The van der Waals surface area contributed by atoms with Crippen LogP contribution in [0.1, 0.15) is 78.2 Å². The molecule has 1 aromatic carbocycles. The second-order valence-corrected chi connectivity index (χ2v) is 13.5. The number of anilines is 1. The Balaban J connectivity index is 1.12. The monoisotopic (exact) mass is 508 g/mol. The third kappa shape index (κ3) is 4.13. The first-order valence-electron chi connectivity index (χ1n) is 14.1. The first-order chi connectivity index (χ1) is 17.5. The summed E-state index contributed by atoms with van der Waals surface area (Å²) < 4.78 is 11.9. The number of fused-ring (bicyclic) bond motifs is 2. The predicted molar refractivity (Wildman–Crippen MR) is 139 cm³/mol. The second kappa shape index (κ2) is 8.47. The van der Waals surface area contributed by atoms with Crippen molar-refractivity contribution >= 4 is 23.7 Å². The number of likely N-dealkylation sites (tertiary alicyclic amines) is 1. The zero-order chi connectivity index (χ0) is 26.2. The summed E-state index contributed by atoms with van der Waals surface area (Å²) in [5, 5.41) is 0. The molecule has 2 heterocycles. The molecule has 5 fully saturated rings. The summed E-state index contributed by atoms with van der Waals surface area (Å²) in [4.78, 5) is 42.5. The van der Waals surface area contributed by atoms with Crippen LogP contribution in [0.15, 0.2) is 24.3 Å². The second-order valence-electron chi connectivity index (χ2n) is 13.5. The van der Waals surface area contributed by atoms with Gasteiger partial charge in [0.2, 0.25) is 0 Å². The molecule has 2 unspecified atom stereocenters. The van der Waals surface area contributed by atoms with Gasteiger partial charge in [-0.1, -0.05) is 18.2 Å². The Labute approximate surface area is 219 Å². The third-order valence-corrected chi connectivity index (χ3v) is 9.99. The number of ketones is 1. The van der Waals surface area contributed by atoms with Gasteiger partial charge >= 0.3 is 12.2 Å². The lowest BCUT2D eigenvalue weighted by molar-refractivity contribution is -0.161. The Morgan fingerprint density at radius 2 is 1.59 bits per heavy atom. The molecule has 2 amide bonds. The topological polar surface area (TPSA) is 76.2 Å². The van der Waals surface area contributed by atoms with Gasteiger partial charge < -0.3 is 14.4 Å². The Hall–Kier alpha value is -2.57. The maximum Gasteiger partial charge on any atom is 0.414 e. The number of para-hydroxylation sites is 1. The number of hydrogen-bond acceptors (Lipinski definition) is 5. The molecule has 7 rings (SSSR count). The Kier molecular flexibility index (Phi) is 5.67. The fraction of sp³-hybridized carbons (Fsp3) is 0.700. The summed E-state index contributed by atoms with van der Waals surface area (Å²) in [5.41, 5.74) is 1.19. The number of Topliss-reactive ketones (excluding diaryl/α,β-unsaturated/α-hetero) is 1. The predicted octanol–water partition coefficient (Wildman–Crippen LogP) is 5.70. The highest BCUT2D eigenvalue weighted by atomic mass is 16.6. The average Bonchev–Trinajstić information content (AvgIpc) is 3.14. The molecule has 2 atom stereocenters. The van der Waals surface area contributed by atoms with Gasteiger partial charge in [0.1, 0.15) is 17.5 Å². The smallest absolute Gasteiger partial charge is 0.414 e. The maximum absolute atomic E-state index is 13.3. The minimum absolute atomic E-state index is 0.0534. The van der Waals surface area contributed by atoms with E-state index >= 15 is 0 Å². The van der Waals surface area contributed by atoms with Crippen molar-refractivity contribution in [3.05, 3.63) is 29.8 Å². The van der Waals surface area contributed by atoms with Crippen LogP contribution in [-0.2, 0) is 19.7 Å². The molecule has 37 heavy (non-hydrogen) atoms. The van der Waals surface area contributed by atoms with Crippen molar-refractivity contribution in [1.29, 1.82) is 0 Å². The van der Waals surface area contributed by atoms with E-state index in [4.69, 9.17) is 9.47 Å². The summed E-state index contributed by atoms with van der Waals surface area (Å²) in [6, 6.07) is 8.10. The Morgan fingerprint density at radius 3 is 2.22 bits per heavy atom. The maximum atomic E-state index is 13.3. The average molecular weight is 509 g/mol. The molecule has 1 aromatic rings. The number of amides is 2. The molecule has 200 valence electrons. The molecule has 4 bridgehead atoms. The highest BCUT2D eigenvalue weighted by Crippen LogP contribution is 2.61. The summed E-state index contributed by atoms with van der Waals surface area (Å²) in [7, 11) is 0. The molecule has 0 aromatic heterocycles. The van der Waals surface area contributed by atoms with Crippen LogP contribution in [0, 0.1) is 23.2 Å². The van der Waals surface area contributed by atoms with Crippen molar-refractivity contribution in [2.24, 2.45) is 23.2 Å². The molecular formula is C30H40N2O5. The van der Waals surface area contributed by atoms with Crippen LogP contribution in [0.2, 0.25) is 0 Å². The lowest BCUT2D eigenvalue weighted by atomic mass is 9.47. The van der Waals surface area contributed by atoms with E-state index in [1.807, 2.05) is 43.9 Å². The quantitative estimate of drug-likeness (QED) is 0.513. The van der Waals surface area contributed by atoms with Gasteiger partial charge in [-0.15, -0.1) is 0 Å². The van der Waals surface area contributed by atoms with Gasteiger partial charge in [-0.05, 0) is 102 Å². The molecule has 7 heteroatoms. The lowest BCUT2D eigenvalue weighted by Crippen LogP contribution is -2.57. The normalized spacial score (nSPS) is 33.4. The molecule has 6 aliphatic rings. The molecule has 1 saturated heterocycles. The van der Waals surface area contributed by atoms with Crippen LogP contribution in [0.5, 0.6) is 0 Å². The van der Waals surface area contributed by atoms with Gasteiger partial charge in [-0.25, -0.2) is 9.59 Å². The van der Waals surface area contributed by atoms with E-state index in [1.165, 1.54) is 5.56 Å². The molecule has 4 aliphatic carbocycles. The summed E-state index contributed by atoms with van der Waals surface area (Å²) in [5.74, 6) is 1.58. The lowest BCUT2D eigenvalue weighted by Gasteiger charge is -2.58. The number of ether oxygens (including phenoxy) is 2. The SMILES string of the molecule is CC(=O)C12CC3CC(C1)C(OC(=O)N1CCC4(CC1)CN(C(=O)OC(C)(C)C)c1ccccc14)C(C3)C2. The molecule has 2 aliphatic heterocycles. The fourth-order valence-corrected chi connectivity index (χ4v) is 8.45. The number of rotatable bonds is 2. The molecule has 4 saturated carbocycles. The number of benzene rings is 1. The number of carbonyl (C=O) groups is 3. The van der Waals surface area contributed by atoms with Crippen LogP contribution < -0.4 is 4.90 Å². The minimum Gasteiger partial charge on any atom is -0.446 e. The van der Waals surface area contributed by atoms with Gasteiger partial charge in [0.25, 0.3) is 0 Å². The summed E-state index contributed by atoms with van der Waals surface area (Å²) in [6.07, 6.45) is 5.96. The zero-order valence-corrected chi connectivity index (χ0v) is 22.6. The molecule has 0 N–H and O–H groups in total. The van der Waals surface area contributed by atoms with Gasteiger partial charge in [0, 0.05) is 30.5 Å². The van der Waals surface area contributed by atoms with E-state index in [1.54, 1.807) is 11.8 Å². The van der Waals surface area contributed by atoms with Crippen molar-refractivity contribution in [2.75, 3.05) is 24.5 Å². The Bertz CT molecular complexity index is 1100. The van der Waals surface area contributed by atoms with E-state index in [0.29, 0.717) is 43.2 Å². The Morgan fingerprint density at radius 1 is 0.946 bits per heavy atom. The highest BCUT2D eigenvalue weighted by molar-refractivity contribution is 5.91. The first kappa shape index (κ1) is 24.7. The standard InChI is InChI=1S/C30H40N2O5/c1-19(33)30-15-20-13-21(16-30)25(22(14-20)17-30)36-26(34)31-11-9-29(10-12-31)18-32(27(35)37-28(2,3)4)24-8-6-5-7-23(24)29/h5-8,20-22,25H,9-18H2,1-4H3. The van der Waals surface area contributed by atoms with Crippen molar-refractivity contribution < 1.29 is 23.9 Å². The molecule has 1 spiro atoms. The number of piperidine rings is 1. The zero-order valence-electron chi connectivity index (χ0n) is 22.6.